The Kier molecular flexibility index (Phi) is 6.53. The highest BCUT2D eigenvalue weighted by atomic mass is 31.2. The van der Waals surface area contributed by atoms with E-state index in [1.165, 1.54) is 13.3 Å². The summed E-state index contributed by atoms with van der Waals surface area (Å²) in [5.74, 6) is 0.0499. The molecule has 26 heavy (non-hydrogen) atoms. The molecule has 1 fully saturated rings. The van der Waals surface area contributed by atoms with Gasteiger partial charge in [0.25, 0.3) is 0 Å². The lowest BCUT2D eigenvalue weighted by atomic mass is 10.1. The molecule has 2 rings (SSSR count). The van der Waals surface area contributed by atoms with Crippen molar-refractivity contribution in [3.8, 4) is 0 Å². The number of anilines is 1. The lowest BCUT2D eigenvalue weighted by molar-refractivity contribution is -0.182. The minimum Gasteiger partial charge on any atom is -0.387 e. The van der Waals surface area contributed by atoms with Crippen LogP contribution in [0.5, 0.6) is 0 Å². The minimum absolute atomic E-state index is 0.0499. The first-order valence-corrected chi connectivity index (χ1v) is 9.13. The number of phosphoric ester groups is 1. The Morgan fingerprint density at radius 1 is 1.50 bits per heavy atom. The van der Waals surface area contributed by atoms with Crippen LogP contribution in [-0.2, 0) is 23.3 Å². The molecule has 1 aliphatic rings. The number of aromatic nitrogens is 2. The Labute approximate surface area is 148 Å². The molecule has 1 aromatic rings. The Bertz CT molecular complexity index is 736. The molecule has 1 aliphatic heterocycles. The van der Waals surface area contributed by atoms with Gasteiger partial charge >= 0.3 is 13.5 Å². The molecule has 1 unspecified atom stereocenters. The van der Waals surface area contributed by atoms with Gasteiger partial charge in [-0.25, -0.2) is 9.36 Å². The number of rotatable bonds is 7. The number of aliphatic hydroxyl groups is 1. The van der Waals surface area contributed by atoms with Gasteiger partial charge < -0.3 is 34.8 Å². The molecule has 0 amide bonds. The van der Waals surface area contributed by atoms with Gasteiger partial charge in [0.05, 0.1) is 6.61 Å². The lowest BCUT2D eigenvalue weighted by Gasteiger charge is -2.25. The predicted molar refractivity (Wildman–Crippen MR) is 86.9 cm³/mol. The van der Waals surface area contributed by atoms with Crippen molar-refractivity contribution < 1.29 is 38.2 Å². The van der Waals surface area contributed by atoms with Crippen molar-refractivity contribution in [3.63, 3.8) is 0 Å². The lowest BCUT2D eigenvalue weighted by Crippen LogP contribution is -2.40. The Morgan fingerprint density at radius 3 is 2.73 bits per heavy atom. The number of nitrogen functional groups attached to an aromatic ring is 1. The zero-order valence-corrected chi connectivity index (χ0v) is 15.3. The normalized spacial score (nSPS) is 27.6. The van der Waals surface area contributed by atoms with Crippen molar-refractivity contribution in [1.82, 2.24) is 9.55 Å². The van der Waals surface area contributed by atoms with Crippen LogP contribution in [0.1, 0.15) is 18.7 Å². The molecule has 1 saturated heterocycles. The Hall–Kier alpha value is -1.37. The summed E-state index contributed by atoms with van der Waals surface area (Å²) in [4.78, 5) is 33.5. The van der Waals surface area contributed by atoms with E-state index in [-0.39, 0.29) is 5.82 Å². The molecule has 148 valence electrons. The average Bonchev–Trinajstić information content (AvgIpc) is 2.84. The van der Waals surface area contributed by atoms with E-state index in [9.17, 15) is 14.5 Å². The summed E-state index contributed by atoms with van der Waals surface area (Å²) in [5, 5.41) is 10.4. The number of phosphoric acid groups is 1. The summed E-state index contributed by atoms with van der Waals surface area (Å²) in [7, 11) is -3.38. The van der Waals surface area contributed by atoms with Gasteiger partial charge in [0.15, 0.2) is 12.5 Å². The quantitative estimate of drug-likeness (QED) is 0.325. The number of aryl methyl sites for hydroxylation is 1. The molecule has 5 atom stereocenters. The van der Waals surface area contributed by atoms with Crippen molar-refractivity contribution in [2.75, 3.05) is 19.5 Å². The molecule has 0 aliphatic carbocycles. The number of hydrogen-bond donors (Lipinski definition) is 4. The maximum atomic E-state index is 12.2. The third-order valence-electron chi connectivity index (χ3n) is 3.85. The number of aliphatic hydroxyl groups excluding tert-OH is 1. The van der Waals surface area contributed by atoms with Gasteiger partial charge in [-0.1, -0.05) is 0 Å². The van der Waals surface area contributed by atoms with E-state index in [4.69, 9.17) is 29.7 Å². The largest absolute Gasteiger partial charge is 0.469 e. The number of hydrogen-bond acceptors (Lipinski definition) is 9. The van der Waals surface area contributed by atoms with Crippen molar-refractivity contribution in [3.05, 3.63) is 22.2 Å². The summed E-state index contributed by atoms with van der Waals surface area (Å²) in [6.45, 7) is 2.59. The maximum Gasteiger partial charge on any atom is 0.469 e. The third kappa shape index (κ3) is 4.87. The van der Waals surface area contributed by atoms with Crippen molar-refractivity contribution in [1.29, 1.82) is 0 Å². The van der Waals surface area contributed by atoms with E-state index in [2.05, 4.69) is 9.51 Å². The van der Waals surface area contributed by atoms with Crippen LogP contribution in [0.3, 0.4) is 0 Å². The second-order valence-electron chi connectivity index (χ2n) is 5.75. The smallest absolute Gasteiger partial charge is 0.387 e. The molecule has 1 aromatic heterocycles. The maximum absolute atomic E-state index is 12.2. The van der Waals surface area contributed by atoms with Crippen LogP contribution in [0.25, 0.3) is 0 Å². The number of methoxy groups -OCH3 is 1. The molecule has 0 bridgehead atoms. The summed E-state index contributed by atoms with van der Waals surface area (Å²) in [6, 6.07) is 0. The topological polar surface area (TPSA) is 176 Å². The van der Waals surface area contributed by atoms with Crippen molar-refractivity contribution in [2.45, 2.75) is 44.7 Å². The highest BCUT2D eigenvalue weighted by molar-refractivity contribution is 7.46. The van der Waals surface area contributed by atoms with Gasteiger partial charge in [0, 0.05) is 18.9 Å². The van der Waals surface area contributed by atoms with Crippen molar-refractivity contribution in [2.24, 2.45) is 0 Å². The van der Waals surface area contributed by atoms with E-state index in [1.807, 2.05) is 0 Å². The molecule has 13 heteroatoms. The van der Waals surface area contributed by atoms with Crippen LogP contribution in [0.4, 0.5) is 5.82 Å². The third-order valence-corrected chi connectivity index (χ3v) is 4.33. The van der Waals surface area contributed by atoms with Gasteiger partial charge in [-0.3, -0.25) is 9.09 Å². The fourth-order valence-electron chi connectivity index (χ4n) is 2.44. The summed E-state index contributed by atoms with van der Waals surface area (Å²) in [5.41, 5.74) is 5.36. The minimum atomic E-state index is -4.77. The van der Waals surface area contributed by atoms with Crippen molar-refractivity contribution >= 4 is 13.6 Å². The summed E-state index contributed by atoms with van der Waals surface area (Å²) < 4.78 is 32.5. The molecule has 0 saturated carbocycles. The van der Waals surface area contributed by atoms with Gasteiger partial charge in [-0.05, 0) is 13.8 Å². The number of ether oxygens (including phenoxy) is 3. The highest BCUT2D eigenvalue weighted by Crippen LogP contribution is 2.39. The van der Waals surface area contributed by atoms with E-state index in [1.54, 1.807) is 13.8 Å². The van der Waals surface area contributed by atoms with E-state index in [0.29, 0.717) is 5.56 Å². The number of nitrogens with two attached hydrogens (primary N) is 1. The van der Waals surface area contributed by atoms with Crippen LogP contribution >= 0.6 is 7.82 Å². The zero-order valence-electron chi connectivity index (χ0n) is 14.4. The number of nitrogens with zero attached hydrogens (tertiary/aromatic N) is 2. The van der Waals surface area contributed by atoms with Gasteiger partial charge in [-0.15, -0.1) is 0 Å². The second kappa shape index (κ2) is 8.11. The van der Waals surface area contributed by atoms with Crippen LogP contribution in [0.15, 0.2) is 11.0 Å². The predicted octanol–water partition coefficient (Wildman–Crippen LogP) is -1.12. The molecule has 0 spiro atoms. The monoisotopic (exact) mass is 395 g/mol. The van der Waals surface area contributed by atoms with Crippen LogP contribution in [-0.4, -0.2) is 62.8 Å². The molecular weight excluding hydrogens is 373 g/mol. The van der Waals surface area contributed by atoms with Gasteiger partial charge in [0.1, 0.15) is 24.1 Å². The first kappa shape index (κ1) is 20.9. The molecule has 12 nitrogen and oxygen atoms in total. The highest BCUT2D eigenvalue weighted by Gasteiger charge is 2.47. The fraction of sp³-hybridized carbons (Fsp3) is 0.692. The van der Waals surface area contributed by atoms with E-state index < -0.39 is 50.9 Å². The zero-order chi connectivity index (χ0) is 19.6. The molecule has 5 N–H and O–H groups in total. The van der Waals surface area contributed by atoms with Crippen LogP contribution < -0.4 is 11.4 Å². The van der Waals surface area contributed by atoms with Gasteiger partial charge in [0.2, 0.25) is 0 Å². The molecule has 0 aromatic carbocycles. The average molecular weight is 395 g/mol. The van der Waals surface area contributed by atoms with Crippen LogP contribution in [0.2, 0.25) is 0 Å². The fourth-order valence-corrected chi connectivity index (χ4v) is 2.78. The molecule has 0 radical (unpaired) electrons. The first-order valence-electron chi connectivity index (χ1n) is 7.60. The summed E-state index contributed by atoms with van der Waals surface area (Å²) in [6.07, 6.45) is -4.09. The first-order chi connectivity index (χ1) is 12.0. The molecular formula is C13H22N3O9P. The summed E-state index contributed by atoms with van der Waals surface area (Å²) >= 11 is 0. The van der Waals surface area contributed by atoms with Crippen LogP contribution in [0, 0.1) is 6.92 Å². The standard InChI is InChI=1S/C13H22N3O9P/c1-6-4-16(13(18)15-11(6)14)12-10(24-7(2)22-3)9(17)8(25-12)5-23-26(19,20)21/h4,7-10,12,17H,5H2,1-3H3,(H2,14,15,18)(H2,19,20,21)/t7?,8-,9-,10-,12-/m1/s1. The van der Waals surface area contributed by atoms with E-state index in [0.717, 1.165) is 4.57 Å². The SMILES string of the molecule is COC(C)O[C@@H]1[C@H](O)[C@@H](COP(=O)(O)O)O[C@H]1n1cc(C)c(N)nc1=O. The Balaban J connectivity index is 2.33. The van der Waals surface area contributed by atoms with Gasteiger partial charge in [-0.2, -0.15) is 4.98 Å². The second-order valence-corrected chi connectivity index (χ2v) is 6.98. The van der Waals surface area contributed by atoms with E-state index >= 15 is 0 Å². The molecule has 2 heterocycles. The Morgan fingerprint density at radius 2 is 2.15 bits per heavy atom.